The number of aromatic nitrogens is 1. The molecule has 0 spiro atoms. The summed E-state index contributed by atoms with van der Waals surface area (Å²) in [5, 5.41) is 14.2. The molecular formula is C32H44N4O4. The van der Waals surface area contributed by atoms with Crippen LogP contribution in [0.15, 0.2) is 48.5 Å². The molecule has 2 aromatic carbocycles. The average Bonchev–Trinajstić information content (AvgIpc) is 3.23. The summed E-state index contributed by atoms with van der Waals surface area (Å²) >= 11 is 0. The Morgan fingerprint density at radius 2 is 1.80 bits per heavy atom. The van der Waals surface area contributed by atoms with E-state index in [0.29, 0.717) is 31.3 Å². The monoisotopic (exact) mass is 548 g/mol. The van der Waals surface area contributed by atoms with Gasteiger partial charge in [0.15, 0.2) is 0 Å². The van der Waals surface area contributed by atoms with Crippen LogP contribution in [0, 0.1) is 11.8 Å². The molecule has 3 amide bonds. The van der Waals surface area contributed by atoms with Crippen molar-refractivity contribution in [2.24, 2.45) is 18.9 Å². The first-order chi connectivity index (χ1) is 19.0. The van der Waals surface area contributed by atoms with Crippen LogP contribution in [0.4, 0.5) is 4.79 Å². The highest BCUT2D eigenvalue weighted by Crippen LogP contribution is 2.38. The van der Waals surface area contributed by atoms with Crippen molar-refractivity contribution in [3.63, 3.8) is 0 Å². The van der Waals surface area contributed by atoms with Gasteiger partial charge in [-0.2, -0.15) is 0 Å². The van der Waals surface area contributed by atoms with E-state index in [1.54, 1.807) is 16.8 Å². The molecule has 4 atom stereocenters. The summed E-state index contributed by atoms with van der Waals surface area (Å²) in [6.07, 6.45) is -0.336. The molecular weight excluding hydrogens is 504 g/mol. The molecule has 216 valence electrons. The van der Waals surface area contributed by atoms with E-state index < -0.39 is 6.04 Å². The van der Waals surface area contributed by atoms with Gasteiger partial charge in [0.1, 0.15) is 5.69 Å². The summed E-state index contributed by atoms with van der Waals surface area (Å²) in [5.74, 6) is 0.0761. The minimum Gasteiger partial charge on any atom is -0.394 e. The summed E-state index contributed by atoms with van der Waals surface area (Å²) in [7, 11) is 3.70. The van der Waals surface area contributed by atoms with E-state index in [1.807, 2.05) is 74.9 Å². The normalized spacial score (nSPS) is 19.5. The van der Waals surface area contributed by atoms with Gasteiger partial charge in [-0.05, 0) is 37.0 Å². The van der Waals surface area contributed by atoms with Gasteiger partial charge in [-0.15, -0.1) is 0 Å². The fraction of sp³-hybridized carbons (Fsp3) is 0.500. The number of aryl methyl sites for hydroxylation is 1. The molecule has 2 N–H and O–H groups in total. The highest BCUT2D eigenvalue weighted by Gasteiger charge is 2.34. The van der Waals surface area contributed by atoms with Gasteiger partial charge in [0.2, 0.25) is 0 Å². The maximum Gasteiger partial charge on any atom is 0.317 e. The quantitative estimate of drug-likeness (QED) is 0.459. The molecule has 1 aliphatic heterocycles. The summed E-state index contributed by atoms with van der Waals surface area (Å²) in [6.45, 7) is 11.0. The molecule has 1 aromatic heterocycles. The number of benzene rings is 2. The largest absolute Gasteiger partial charge is 0.394 e. The Kier molecular flexibility index (Phi) is 9.21. The molecule has 40 heavy (non-hydrogen) atoms. The van der Waals surface area contributed by atoms with Gasteiger partial charge in [0.25, 0.3) is 5.91 Å². The molecule has 0 radical (unpaired) electrons. The van der Waals surface area contributed by atoms with Crippen molar-refractivity contribution in [1.82, 2.24) is 19.7 Å². The van der Waals surface area contributed by atoms with E-state index in [-0.39, 0.29) is 36.6 Å². The number of likely N-dealkylation sites (N-methyl/N-ethyl adjacent to an activating group) is 1. The number of amides is 3. The standard InChI is InChI=1S/C32H44N4O4/c1-20(2)23(5)33-32(39)34(6)17-28-21(3)16-36(22(4)18-37)31(38)30-29(25-13-9-8-12-24(25)19-40-28)26-14-10-11-15-27(26)35(30)7/h8-15,20-23,28,37H,16-19H2,1-7H3,(H,33,39)/t21-,22+,23-,28+/m0/s1. The van der Waals surface area contributed by atoms with Crippen molar-refractivity contribution in [1.29, 1.82) is 0 Å². The second kappa shape index (κ2) is 12.4. The van der Waals surface area contributed by atoms with Gasteiger partial charge in [0.05, 0.1) is 25.4 Å². The number of nitrogens with zero attached hydrogens (tertiary/aromatic N) is 3. The Hall–Kier alpha value is -3.36. The number of hydrogen-bond donors (Lipinski definition) is 2. The molecule has 0 aliphatic carbocycles. The topological polar surface area (TPSA) is 87.0 Å². The molecule has 0 saturated heterocycles. The Morgan fingerprint density at radius 3 is 2.50 bits per heavy atom. The van der Waals surface area contributed by atoms with Gasteiger partial charge >= 0.3 is 6.03 Å². The smallest absolute Gasteiger partial charge is 0.317 e. The van der Waals surface area contributed by atoms with Gasteiger partial charge in [0, 0.05) is 55.6 Å². The first-order valence-electron chi connectivity index (χ1n) is 14.3. The highest BCUT2D eigenvalue weighted by atomic mass is 16.5. The van der Waals surface area contributed by atoms with Crippen LogP contribution in [0.3, 0.4) is 0 Å². The first kappa shape index (κ1) is 29.6. The van der Waals surface area contributed by atoms with Crippen LogP contribution in [-0.4, -0.2) is 76.3 Å². The third-order valence-corrected chi connectivity index (χ3v) is 8.38. The SMILES string of the molecule is CC(C)[C@H](C)NC(=O)N(C)C[C@H]1OCc2ccccc2-c2c(n(C)c3ccccc23)C(=O)N([C@H](C)CO)C[C@@H]1C. The van der Waals surface area contributed by atoms with Gasteiger partial charge in [-0.3, -0.25) is 4.79 Å². The van der Waals surface area contributed by atoms with Crippen molar-refractivity contribution >= 4 is 22.8 Å². The van der Waals surface area contributed by atoms with E-state index in [2.05, 4.69) is 25.2 Å². The third-order valence-electron chi connectivity index (χ3n) is 8.38. The molecule has 8 nitrogen and oxygen atoms in total. The van der Waals surface area contributed by atoms with E-state index >= 15 is 0 Å². The fourth-order valence-corrected chi connectivity index (χ4v) is 5.35. The minimum absolute atomic E-state index is 0.0413. The zero-order valence-corrected chi connectivity index (χ0v) is 24.8. The summed E-state index contributed by atoms with van der Waals surface area (Å²) < 4.78 is 8.56. The molecule has 0 unspecified atom stereocenters. The lowest BCUT2D eigenvalue weighted by atomic mass is 9.96. The molecule has 0 saturated carbocycles. The highest BCUT2D eigenvalue weighted by molar-refractivity contribution is 6.10. The second-order valence-corrected chi connectivity index (χ2v) is 11.6. The van der Waals surface area contributed by atoms with E-state index in [9.17, 15) is 14.7 Å². The van der Waals surface area contributed by atoms with Crippen LogP contribution in [0.2, 0.25) is 0 Å². The molecule has 0 fully saturated rings. The summed E-state index contributed by atoms with van der Waals surface area (Å²) in [4.78, 5) is 30.8. The number of ether oxygens (including phenoxy) is 1. The van der Waals surface area contributed by atoms with E-state index in [4.69, 9.17) is 4.74 Å². The Labute approximate surface area is 237 Å². The zero-order valence-electron chi connectivity index (χ0n) is 24.8. The molecule has 2 heterocycles. The molecule has 0 bridgehead atoms. The molecule has 4 rings (SSSR count). The van der Waals surface area contributed by atoms with Crippen LogP contribution >= 0.6 is 0 Å². The van der Waals surface area contributed by atoms with Crippen molar-refractivity contribution in [3.8, 4) is 11.1 Å². The lowest BCUT2D eigenvalue weighted by Crippen LogP contribution is -2.50. The lowest BCUT2D eigenvalue weighted by Gasteiger charge is -2.35. The number of carbonyl (C=O) groups excluding carboxylic acids is 2. The number of urea groups is 1. The minimum atomic E-state index is -0.398. The number of fused-ring (bicyclic) bond motifs is 5. The van der Waals surface area contributed by atoms with Crippen LogP contribution in [0.5, 0.6) is 0 Å². The van der Waals surface area contributed by atoms with Crippen LogP contribution in [0.25, 0.3) is 22.0 Å². The van der Waals surface area contributed by atoms with Crippen molar-refractivity contribution in [2.45, 2.75) is 59.4 Å². The maximum atomic E-state index is 14.4. The second-order valence-electron chi connectivity index (χ2n) is 11.6. The molecule has 8 heteroatoms. The molecule has 3 aromatic rings. The van der Waals surface area contributed by atoms with E-state index in [0.717, 1.165) is 27.6 Å². The number of nitrogens with one attached hydrogen (secondary N) is 1. The summed E-state index contributed by atoms with van der Waals surface area (Å²) in [6, 6.07) is 15.6. The number of aliphatic hydroxyl groups is 1. The Balaban J connectivity index is 1.79. The van der Waals surface area contributed by atoms with E-state index in [1.165, 1.54) is 0 Å². The zero-order chi connectivity index (χ0) is 29.1. The van der Waals surface area contributed by atoms with Crippen LogP contribution < -0.4 is 5.32 Å². The Bertz CT molecular complexity index is 1350. The number of aliphatic hydroxyl groups excluding tert-OH is 1. The maximum absolute atomic E-state index is 14.4. The predicted molar refractivity (Wildman–Crippen MR) is 159 cm³/mol. The van der Waals surface area contributed by atoms with Crippen LogP contribution in [-0.2, 0) is 18.4 Å². The Morgan fingerprint density at radius 1 is 1.12 bits per heavy atom. The van der Waals surface area contributed by atoms with Crippen LogP contribution in [0.1, 0.15) is 50.7 Å². The van der Waals surface area contributed by atoms with Gasteiger partial charge < -0.3 is 29.5 Å². The third kappa shape index (κ3) is 5.88. The number of hydrogen-bond acceptors (Lipinski definition) is 4. The first-order valence-corrected chi connectivity index (χ1v) is 14.3. The predicted octanol–water partition coefficient (Wildman–Crippen LogP) is 4.89. The van der Waals surface area contributed by atoms with Gasteiger partial charge in [-0.25, -0.2) is 4.79 Å². The van der Waals surface area contributed by atoms with Crippen molar-refractivity contribution < 1.29 is 19.4 Å². The number of para-hydroxylation sites is 1. The van der Waals surface area contributed by atoms with Crippen molar-refractivity contribution in [3.05, 3.63) is 59.8 Å². The average molecular weight is 549 g/mol. The molecule has 1 aliphatic rings. The number of carbonyl (C=O) groups is 2. The van der Waals surface area contributed by atoms with Crippen molar-refractivity contribution in [2.75, 3.05) is 26.7 Å². The summed E-state index contributed by atoms with van der Waals surface area (Å²) in [5.41, 5.74) is 4.37. The fourth-order valence-electron chi connectivity index (χ4n) is 5.35. The van der Waals surface area contributed by atoms with Gasteiger partial charge in [-0.1, -0.05) is 63.2 Å². The lowest BCUT2D eigenvalue weighted by molar-refractivity contribution is -0.0186. The number of rotatable bonds is 6.